The smallest absolute Gasteiger partial charge is 0.341 e. The zero-order valence-corrected chi connectivity index (χ0v) is 15.0. The summed E-state index contributed by atoms with van der Waals surface area (Å²) in [6, 6.07) is 12.1. The molecule has 1 N–H and O–H groups in total. The number of nitrogens with one attached hydrogen (secondary N) is 1. The third kappa shape index (κ3) is 4.03. The molecule has 0 aliphatic heterocycles. The summed E-state index contributed by atoms with van der Waals surface area (Å²) >= 11 is 0. The van der Waals surface area contributed by atoms with Crippen molar-refractivity contribution in [3.63, 3.8) is 0 Å². The largest absolute Gasteiger partial charge is 0.495 e. The summed E-state index contributed by atoms with van der Waals surface area (Å²) in [7, 11) is 1.52. The third-order valence-corrected chi connectivity index (χ3v) is 4.00. The Hall–Kier alpha value is -3.48. The van der Waals surface area contributed by atoms with Gasteiger partial charge in [-0.25, -0.2) is 4.79 Å². The zero-order valence-electron chi connectivity index (χ0n) is 15.0. The van der Waals surface area contributed by atoms with Crippen molar-refractivity contribution < 1.29 is 19.1 Å². The molecule has 7 heteroatoms. The number of hydrogen-bond donors (Lipinski definition) is 1. The SMILES string of the molecule is CCC(OC(=O)c1cccc2nccnc12)C(=O)Nc1ccccc1OC. The number of hydrogen-bond acceptors (Lipinski definition) is 6. The monoisotopic (exact) mass is 365 g/mol. The molecule has 0 saturated heterocycles. The van der Waals surface area contributed by atoms with Gasteiger partial charge in [-0.1, -0.05) is 25.1 Å². The molecule has 1 amide bonds. The Morgan fingerprint density at radius 3 is 2.63 bits per heavy atom. The molecule has 3 rings (SSSR count). The Bertz CT molecular complexity index is 969. The van der Waals surface area contributed by atoms with Crippen molar-refractivity contribution in [3.05, 3.63) is 60.4 Å². The number of nitrogens with zero attached hydrogens (tertiary/aromatic N) is 2. The van der Waals surface area contributed by atoms with Crippen LogP contribution in [-0.2, 0) is 9.53 Å². The topological polar surface area (TPSA) is 90.4 Å². The molecule has 1 unspecified atom stereocenters. The Morgan fingerprint density at radius 2 is 1.85 bits per heavy atom. The van der Waals surface area contributed by atoms with Crippen LogP contribution < -0.4 is 10.1 Å². The van der Waals surface area contributed by atoms with Crippen LogP contribution in [0.1, 0.15) is 23.7 Å². The van der Waals surface area contributed by atoms with Crippen molar-refractivity contribution in [1.29, 1.82) is 0 Å². The average molecular weight is 365 g/mol. The maximum atomic E-state index is 12.6. The number of amides is 1. The quantitative estimate of drug-likeness (QED) is 0.675. The highest BCUT2D eigenvalue weighted by Gasteiger charge is 2.24. The number of methoxy groups -OCH3 is 1. The van der Waals surface area contributed by atoms with E-state index in [-0.39, 0.29) is 5.56 Å². The van der Waals surface area contributed by atoms with Gasteiger partial charge in [-0.3, -0.25) is 14.8 Å². The zero-order chi connectivity index (χ0) is 19.2. The Balaban J connectivity index is 1.78. The van der Waals surface area contributed by atoms with Gasteiger partial charge in [0.05, 0.1) is 23.9 Å². The van der Waals surface area contributed by atoms with Crippen LogP contribution in [-0.4, -0.2) is 35.1 Å². The molecule has 0 aliphatic rings. The van der Waals surface area contributed by atoms with Crippen molar-refractivity contribution in [2.24, 2.45) is 0 Å². The third-order valence-electron chi connectivity index (χ3n) is 4.00. The van der Waals surface area contributed by atoms with Gasteiger partial charge < -0.3 is 14.8 Å². The van der Waals surface area contributed by atoms with E-state index in [9.17, 15) is 9.59 Å². The van der Waals surface area contributed by atoms with E-state index >= 15 is 0 Å². The van der Waals surface area contributed by atoms with E-state index < -0.39 is 18.0 Å². The molecule has 0 aliphatic carbocycles. The molecule has 138 valence electrons. The fourth-order valence-corrected chi connectivity index (χ4v) is 2.63. The number of fused-ring (bicyclic) bond motifs is 1. The minimum absolute atomic E-state index is 0.268. The van der Waals surface area contributed by atoms with Crippen LogP contribution in [0.2, 0.25) is 0 Å². The standard InChI is InChI=1S/C20H19N3O4/c1-3-16(19(24)23-14-8-4-5-10-17(14)26-2)27-20(25)13-7-6-9-15-18(13)22-12-11-21-15/h4-12,16H,3H2,1-2H3,(H,23,24). The molecule has 1 atom stereocenters. The number of rotatable bonds is 6. The number of aromatic nitrogens is 2. The first-order valence-corrected chi connectivity index (χ1v) is 8.48. The molecule has 27 heavy (non-hydrogen) atoms. The van der Waals surface area contributed by atoms with Gasteiger partial charge in [-0.05, 0) is 30.7 Å². The average Bonchev–Trinajstić information content (AvgIpc) is 2.71. The first-order valence-electron chi connectivity index (χ1n) is 8.48. The van der Waals surface area contributed by atoms with Crippen molar-refractivity contribution >= 4 is 28.6 Å². The Labute approximate surface area is 156 Å². The van der Waals surface area contributed by atoms with Gasteiger partial charge in [0.2, 0.25) is 0 Å². The molecule has 0 spiro atoms. The molecule has 1 heterocycles. The minimum atomic E-state index is -0.950. The normalized spacial score (nSPS) is 11.6. The molecule has 1 aromatic heterocycles. The van der Waals surface area contributed by atoms with E-state index in [4.69, 9.17) is 9.47 Å². The van der Waals surface area contributed by atoms with E-state index in [1.54, 1.807) is 55.6 Å². The lowest BCUT2D eigenvalue weighted by atomic mass is 10.1. The van der Waals surface area contributed by atoms with Crippen molar-refractivity contribution in [3.8, 4) is 5.75 Å². The van der Waals surface area contributed by atoms with Gasteiger partial charge in [0.15, 0.2) is 6.10 Å². The Kier molecular flexibility index (Phi) is 5.61. The van der Waals surface area contributed by atoms with Crippen LogP contribution in [0.4, 0.5) is 5.69 Å². The molecule has 0 bridgehead atoms. The predicted octanol–water partition coefficient (Wildman–Crippen LogP) is 3.21. The van der Waals surface area contributed by atoms with E-state index in [1.165, 1.54) is 13.3 Å². The number of ether oxygens (including phenoxy) is 2. The van der Waals surface area contributed by atoms with E-state index in [0.717, 1.165) is 0 Å². The number of esters is 1. The van der Waals surface area contributed by atoms with Gasteiger partial charge in [0.1, 0.15) is 11.3 Å². The second kappa shape index (κ2) is 8.27. The highest BCUT2D eigenvalue weighted by atomic mass is 16.5. The van der Waals surface area contributed by atoms with Crippen LogP contribution in [0.25, 0.3) is 11.0 Å². The number of para-hydroxylation sites is 3. The predicted molar refractivity (Wildman–Crippen MR) is 101 cm³/mol. The van der Waals surface area contributed by atoms with Crippen molar-refractivity contribution in [2.75, 3.05) is 12.4 Å². The van der Waals surface area contributed by atoms with Crippen LogP contribution >= 0.6 is 0 Å². The second-order valence-corrected chi connectivity index (χ2v) is 5.72. The fraction of sp³-hybridized carbons (Fsp3) is 0.200. The fourth-order valence-electron chi connectivity index (χ4n) is 2.63. The van der Waals surface area contributed by atoms with E-state index in [0.29, 0.717) is 28.9 Å². The van der Waals surface area contributed by atoms with E-state index in [2.05, 4.69) is 15.3 Å². The van der Waals surface area contributed by atoms with Crippen LogP contribution in [0, 0.1) is 0 Å². The maximum absolute atomic E-state index is 12.6. The molecule has 0 saturated carbocycles. The number of anilines is 1. The second-order valence-electron chi connectivity index (χ2n) is 5.72. The lowest BCUT2D eigenvalue weighted by molar-refractivity contribution is -0.124. The summed E-state index contributed by atoms with van der Waals surface area (Å²) in [5, 5.41) is 2.74. The van der Waals surface area contributed by atoms with Gasteiger partial charge >= 0.3 is 5.97 Å². The summed E-state index contributed by atoms with van der Waals surface area (Å²) in [6.45, 7) is 1.77. The summed E-state index contributed by atoms with van der Waals surface area (Å²) in [6.07, 6.45) is 2.43. The molecule has 2 aromatic carbocycles. The summed E-state index contributed by atoms with van der Waals surface area (Å²) in [4.78, 5) is 33.5. The first kappa shape index (κ1) is 18.3. The van der Waals surface area contributed by atoms with Gasteiger partial charge in [-0.15, -0.1) is 0 Å². The summed E-state index contributed by atoms with van der Waals surface area (Å²) in [5.41, 5.74) is 1.79. The minimum Gasteiger partial charge on any atom is -0.495 e. The van der Waals surface area contributed by atoms with Crippen LogP contribution in [0.5, 0.6) is 5.75 Å². The van der Waals surface area contributed by atoms with Gasteiger partial charge in [0, 0.05) is 12.4 Å². The highest BCUT2D eigenvalue weighted by Crippen LogP contribution is 2.24. The van der Waals surface area contributed by atoms with Crippen molar-refractivity contribution in [2.45, 2.75) is 19.4 Å². The van der Waals surface area contributed by atoms with Crippen LogP contribution in [0.15, 0.2) is 54.9 Å². The number of benzene rings is 2. The highest BCUT2D eigenvalue weighted by molar-refractivity contribution is 6.03. The molecule has 0 radical (unpaired) electrons. The lowest BCUT2D eigenvalue weighted by Gasteiger charge is -2.17. The molecular weight excluding hydrogens is 346 g/mol. The van der Waals surface area contributed by atoms with E-state index in [1.807, 2.05) is 0 Å². The van der Waals surface area contributed by atoms with Gasteiger partial charge in [0.25, 0.3) is 5.91 Å². The number of carbonyl (C=O) groups excluding carboxylic acids is 2. The van der Waals surface area contributed by atoms with Crippen molar-refractivity contribution in [1.82, 2.24) is 9.97 Å². The molecule has 3 aromatic rings. The lowest BCUT2D eigenvalue weighted by Crippen LogP contribution is -2.32. The number of carbonyl (C=O) groups is 2. The summed E-state index contributed by atoms with van der Waals surface area (Å²) in [5.74, 6) is -0.527. The molecular formula is C20H19N3O4. The molecule has 0 fully saturated rings. The first-order chi connectivity index (χ1) is 13.1. The van der Waals surface area contributed by atoms with Crippen LogP contribution in [0.3, 0.4) is 0 Å². The Morgan fingerprint density at radius 1 is 1.07 bits per heavy atom. The summed E-state index contributed by atoms with van der Waals surface area (Å²) < 4.78 is 10.7. The maximum Gasteiger partial charge on any atom is 0.341 e. The van der Waals surface area contributed by atoms with Gasteiger partial charge in [-0.2, -0.15) is 0 Å². The molecule has 7 nitrogen and oxygen atoms in total.